The second-order valence-electron chi connectivity index (χ2n) is 4.35. The minimum atomic E-state index is -0.424. The van der Waals surface area contributed by atoms with Crippen molar-refractivity contribution in [1.29, 1.82) is 0 Å². The van der Waals surface area contributed by atoms with Gasteiger partial charge in [-0.3, -0.25) is 4.79 Å². The Balaban J connectivity index is 2.81. The number of hydrogen-bond donors (Lipinski definition) is 1. The summed E-state index contributed by atoms with van der Waals surface area (Å²) in [6, 6.07) is 6.92. The summed E-state index contributed by atoms with van der Waals surface area (Å²) in [5.41, 5.74) is 0.650. The second kappa shape index (κ2) is 5.65. The summed E-state index contributed by atoms with van der Waals surface area (Å²) < 4.78 is 10.5. The van der Waals surface area contributed by atoms with Gasteiger partial charge in [0.2, 0.25) is 0 Å². The van der Waals surface area contributed by atoms with E-state index in [1.54, 1.807) is 30.3 Å². The van der Waals surface area contributed by atoms with E-state index in [1.807, 2.05) is 0 Å². The first-order chi connectivity index (χ1) is 9.58. The number of phenolic OH excluding ortho intramolecular Hbond substituents is 1. The molecule has 1 N–H and O–H groups in total. The van der Waals surface area contributed by atoms with Crippen molar-refractivity contribution in [1.82, 2.24) is 0 Å². The summed E-state index contributed by atoms with van der Waals surface area (Å²) in [5.74, 6) is 0.640. The SMILES string of the molecule is C=CCc1cc(OC(C)=O)c2c(OC)cccc2c1O. The summed E-state index contributed by atoms with van der Waals surface area (Å²) in [4.78, 5) is 11.3. The molecule has 0 heterocycles. The van der Waals surface area contributed by atoms with Gasteiger partial charge in [0.1, 0.15) is 17.2 Å². The third-order valence-electron chi connectivity index (χ3n) is 2.98. The van der Waals surface area contributed by atoms with Crippen LogP contribution in [0.3, 0.4) is 0 Å². The van der Waals surface area contributed by atoms with E-state index in [1.165, 1.54) is 14.0 Å². The van der Waals surface area contributed by atoms with Crippen molar-refractivity contribution in [2.75, 3.05) is 7.11 Å². The van der Waals surface area contributed by atoms with E-state index in [4.69, 9.17) is 9.47 Å². The number of carbonyl (C=O) groups excluding carboxylic acids is 1. The van der Waals surface area contributed by atoms with Gasteiger partial charge in [0.15, 0.2) is 0 Å². The summed E-state index contributed by atoms with van der Waals surface area (Å²) in [5, 5.41) is 11.5. The number of allylic oxidation sites excluding steroid dienone is 1. The van der Waals surface area contributed by atoms with Gasteiger partial charge in [0.25, 0.3) is 0 Å². The molecule has 0 radical (unpaired) electrons. The van der Waals surface area contributed by atoms with Crippen molar-refractivity contribution in [2.45, 2.75) is 13.3 Å². The number of ether oxygens (including phenoxy) is 2. The van der Waals surface area contributed by atoms with Gasteiger partial charge in [-0.2, -0.15) is 0 Å². The highest BCUT2D eigenvalue weighted by Crippen LogP contribution is 2.41. The third kappa shape index (κ3) is 2.45. The van der Waals surface area contributed by atoms with Crippen LogP contribution in [0.1, 0.15) is 12.5 Å². The average Bonchev–Trinajstić information content (AvgIpc) is 2.42. The number of esters is 1. The van der Waals surface area contributed by atoms with Crippen molar-refractivity contribution < 1.29 is 19.4 Å². The summed E-state index contributed by atoms with van der Waals surface area (Å²) in [6.07, 6.45) is 2.16. The molecule has 104 valence electrons. The van der Waals surface area contributed by atoms with E-state index < -0.39 is 5.97 Å². The largest absolute Gasteiger partial charge is 0.507 e. The first kappa shape index (κ1) is 13.9. The second-order valence-corrected chi connectivity index (χ2v) is 4.35. The van der Waals surface area contributed by atoms with E-state index in [0.29, 0.717) is 34.3 Å². The van der Waals surface area contributed by atoms with Gasteiger partial charge in [-0.1, -0.05) is 18.2 Å². The highest BCUT2D eigenvalue weighted by molar-refractivity contribution is 5.99. The zero-order valence-electron chi connectivity index (χ0n) is 11.5. The maximum Gasteiger partial charge on any atom is 0.308 e. The Morgan fingerprint density at radius 3 is 2.75 bits per heavy atom. The third-order valence-corrected chi connectivity index (χ3v) is 2.98. The average molecular weight is 272 g/mol. The van der Waals surface area contributed by atoms with E-state index in [9.17, 15) is 9.90 Å². The van der Waals surface area contributed by atoms with E-state index in [0.717, 1.165) is 0 Å². The predicted octanol–water partition coefficient (Wildman–Crippen LogP) is 3.21. The number of carbonyl (C=O) groups is 1. The van der Waals surface area contributed by atoms with Gasteiger partial charge in [-0.25, -0.2) is 0 Å². The van der Waals surface area contributed by atoms with Crippen LogP contribution in [0.15, 0.2) is 36.9 Å². The Bertz CT molecular complexity index is 674. The molecule has 0 aromatic heterocycles. The Morgan fingerprint density at radius 1 is 1.40 bits per heavy atom. The lowest BCUT2D eigenvalue weighted by Gasteiger charge is -2.14. The normalized spacial score (nSPS) is 10.3. The number of phenols is 1. The van der Waals surface area contributed by atoms with Crippen LogP contribution < -0.4 is 9.47 Å². The van der Waals surface area contributed by atoms with Gasteiger partial charge in [0.05, 0.1) is 12.5 Å². The molecule has 0 aliphatic carbocycles. The first-order valence-corrected chi connectivity index (χ1v) is 6.19. The number of fused-ring (bicyclic) bond motifs is 1. The highest BCUT2D eigenvalue weighted by atomic mass is 16.5. The lowest BCUT2D eigenvalue weighted by Crippen LogP contribution is -2.03. The number of methoxy groups -OCH3 is 1. The number of rotatable bonds is 4. The molecule has 0 aliphatic heterocycles. The smallest absolute Gasteiger partial charge is 0.308 e. The zero-order valence-corrected chi connectivity index (χ0v) is 11.5. The monoisotopic (exact) mass is 272 g/mol. The van der Waals surface area contributed by atoms with Gasteiger partial charge in [0, 0.05) is 17.9 Å². The number of benzene rings is 2. The summed E-state index contributed by atoms with van der Waals surface area (Å²) in [6.45, 7) is 4.99. The Labute approximate surface area is 117 Å². The van der Waals surface area contributed by atoms with Crippen molar-refractivity contribution in [2.24, 2.45) is 0 Å². The molecule has 2 aromatic carbocycles. The fourth-order valence-electron chi connectivity index (χ4n) is 2.17. The molecule has 4 nitrogen and oxygen atoms in total. The fourth-order valence-corrected chi connectivity index (χ4v) is 2.17. The molecule has 2 rings (SSSR count). The minimum absolute atomic E-state index is 0.148. The maximum atomic E-state index is 11.3. The van der Waals surface area contributed by atoms with Crippen LogP contribution in [0.25, 0.3) is 10.8 Å². The molecule has 4 heteroatoms. The van der Waals surface area contributed by atoms with E-state index in [2.05, 4.69) is 6.58 Å². The van der Waals surface area contributed by atoms with Crippen LogP contribution in [-0.2, 0) is 11.2 Å². The lowest BCUT2D eigenvalue weighted by atomic mass is 10.0. The van der Waals surface area contributed by atoms with Crippen LogP contribution in [-0.4, -0.2) is 18.2 Å². The standard InChI is InChI=1S/C16H16O4/c1-4-6-11-9-14(20-10(2)17)15-12(16(11)18)7-5-8-13(15)19-3/h4-5,7-9,18H,1,6H2,2-3H3. The van der Waals surface area contributed by atoms with Crippen molar-refractivity contribution >= 4 is 16.7 Å². The molecule has 0 saturated carbocycles. The van der Waals surface area contributed by atoms with Gasteiger partial charge >= 0.3 is 5.97 Å². The summed E-state index contributed by atoms with van der Waals surface area (Å²) in [7, 11) is 1.53. The Morgan fingerprint density at radius 2 is 2.15 bits per heavy atom. The Kier molecular flexibility index (Phi) is 3.94. The number of aromatic hydroxyl groups is 1. The van der Waals surface area contributed by atoms with Crippen LogP contribution in [0, 0.1) is 0 Å². The molecule has 0 amide bonds. The van der Waals surface area contributed by atoms with Crippen LogP contribution >= 0.6 is 0 Å². The number of hydrogen-bond acceptors (Lipinski definition) is 4. The molecule has 0 atom stereocenters. The van der Waals surface area contributed by atoms with Crippen LogP contribution in [0.5, 0.6) is 17.2 Å². The maximum absolute atomic E-state index is 11.3. The molecular formula is C16H16O4. The molecule has 0 unspecified atom stereocenters. The van der Waals surface area contributed by atoms with Crippen molar-refractivity contribution in [3.8, 4) is 17.2 Å². The van der Waals surface area contributed by atoms with Gasteiger partial charge in [-0.15, -0.1) is 6.58 Å². The van der Waals surface area contributed by atoms with Crippen LogP contribution in [0.2, 0.25) is 0 Å². The van der Waals surface area contributed by atoms with E-state index >= 15 is 0 Å². The molecular weight excluding hydrogens is 256 g/mol. The molecule has 20 heavy (non-hydrogen) atoms. The lowest BCUT2D eigenvalue weighted by molar-refractivity contribution is -0.131. The first-order valence-electron chi connectivity index (χ1n) is 6.19. The molecule has 0 saturated heterocycles. The molecule has 0 bridgehead atoms. The van der Waals surface area contributed by atoms with Crippen molar-refractivity contribution in [3.63, 3.8) is 0 Å². The molecule has 0 spiro atoms. The topological polar surface area (TPSA) is 55.8 Å². The summed E-state index contributed by atoms with van der Waals surface area (Å²) >= 11 is 0. The van der Waals surface area contributed by atoms with Crippen LogP contribution in [0.4, 0.5) is 0 Å². The minimum Gasteiger partial charge on any atom is -0.507 e. The molecule has 0 aliphatic rings. The van der Waals surface area contributed by atoms with Crippen molar-refractivity contribution in [3.05, 3.63) is 42.5 Å². The molecule has 0 fully saturated rings. The van der Waals surface area contributed by atoms with Gasteiger partial charge < -0.3 is 14.6 Å². The predicted molar refractivity (Wildman–Crippen MR) is 77.4 cm³/mol. The zero-order chi connectivity index (χ0) is 14.7. The van der Waals surface area contributed by atoms with Gasteiger partial charge in [-0.05, 0) is 18.6 Å². The quantitative estimate of drug-likeness (QED) is 0.527. The van der Waals surface area contributed by atoms with E-state index in [-0.39, 0.29) is 5.75 Å². The fraction of sp³-hybridized carbons (Fsp3) is 0.188. The highest BCUT2D eigenvalue weighted by Gasteiger charge is 2.16. The Hall–Kier alpha value is -2.49. The molecule has 2 aromatic rings.